The van der Waals surface area contributed by atoms with E-state index in [1.54, 1.807) is 12.1 Å². The lowest BCUT2D eigenvalue weighted by Crippen LogP contribution is -2.64. The van der Waals surface area contributed by atoms with Crippen LogP contribution in [0.25, 0.3) is 0 Å². The van der Waals surface area contributed by atoms with Gasteiger partial charge in [-0.05, 0) is 19.1 Å². The van der Waals surface area contributed by atoms with Crippen molar-refractivity contribution in [2.75, 3.05) is 13.2 Å². The van der Waals surface area contributed by atoms with Gasteiger partial charge in [0.05, 0.1) is 18.1 Å². The molecule has 4 fully saturated rings. The molecule has 212 valence electrons. The van der Waals surface area contributed by atoms with Crippen LogP contribution in [0.2, 0.25) is 0 Å². The topological polar surface area (TPSA) is 159 Å². The second-order valence-corrected chi connectivity index (χ2v) is 11.6. The third kappa shape index (κ3) is 5.25. The van der Waals surface area contributed by atoms with E-state index in [0.717, 1.165) is 11.1 Å². The van der Waals surface area contributed by atoms with E-state index < -0.39 is 77.8 Å². The zero-order valence-electron chi connectivity index (χ0n) is 20.9. The summed E-state index contributed by atoms with van der Waals surface area (Å²) in [5.41, 5.74) is 1.62. The molecular formula is C26H30O12S. The molecule has 5 unspecified atom stereocenters. The lowest BCUT2D eigenvalue weighted by atomic mass is 9.97. The predicted molar refractivity (Wildman–Crippen MR) is 129 cm³/mol. The van der Waals surface area contributed by atoms with Crippen molar-refractivity contribution in [3.63, 3.8) is 0 Å². The lowest BCUT2D eigenvalue weighted by Gasteiger charge is -2.47. The van der Waals surface area contributed by atoms with Crippen LogP contribution >= 0.6 is 0 Å². The molecule has 2 bridgehead atoms. The van der Waals surface area contributed by atoms with Crippen LogP contribution in [0.1, 0.15) is 17.4 Å². The van der Waals surface area contributed by atoms with E-state index in [4.69, 9.17) is 32.6 Å². The Morgan fingerprint density at radius 3 is 2.26 bits per heavy atom. The third-order valence-corrected chi connectivity index (χ3v) is 8.61. The molecule has 12 nitrogen and oxygen atoms in total. The standard InChI is InChI=1S/C26H30O12S/c1-13-7-9-15(10-8-13)39(30,31)38-23-20(29)22(17-12-33-26(23)35-17)37-25-19(28)18(27)21-16(34-25)11-32-24(36-21)14-5-3-2-4-6-14/h2-10,16-29H,11-12H2,1H3/t16-,17?,18?,19?,20?,21+,22+,23-,24?,25-,26+/m0/s1. The number of benzene rings is 2. The highest BCUT2D eigenvalue weighted by molar-refractivity contribution is 7.86. The highest BCUT2D eigenvalue weighted by Crippen LogP contribution is 2.38. The third-order valence-electron chi connectivity index (χ3n) is 7.29. The Kier molecular flexibility index (Phi) is 7.50. The highest BCUT2D eigenvalue weighted by Gasteiger charge is 2.56. The van der Waals surface area contributed by atoms with Gasteiger partial charge in [0.2, 0.25) is 0 Å². The molecule has 6 rings (SSSR count). The van der Waals surface area contributed by atoms with Gasteiger partial charge < -0.3 is 43.7 Å². The number of aliphatic hydroxyl groups excluding tert-OH is 3. The van der Waals surface area contributed by atoms with Crippen molar-refractivity contribution in [2.24, 2.45) is 0 Å². The lowest BCUT2D eigenvalue weighted by molar-refractivity contribution is -0.376. The van der Waals surface area contributed by atoms with Crippen LogP contribution in [-0.4, -0.2) is 98.4 Å². The summed E-state index contributed by atoms with van der Waals surface area (Å²) in [6, 6.07) is 15.2. The zero-order valence-corrected chi connectivity index (χ0v) is 21.7. The summed E-state index contributed by atoms with van der Waals surface area (Å²) in [7, 11) is -4.28. The van der Waals surface area contributed by atoms with E-state index in [9.17, 15) is 23.7 Å². The van der Waals surface area contributed by atoms with E-state index in [-0.39, 0.29) is 18.1 Å². The molecule has 0 amide bonds. The largest absolute Gasteiger partial charge is 0.387 e. The number of hydrogen-bond donors (Lipinski definition) is 3. The van der Waals surface area contributed by atoms with Gasteiger partial charge in [-0.25, -0.2) is 0 Å². The normalized spacial score (nSPS) is 40.3. The number of aliphatic hydroxyl groups is 3. The van der Waals surface area contributed by atoms with Crippen molar-refractivity contribution >= 4 is 10.1 Å². The fraction of sp³-hybridized carbons (Fsp3) is 0.538. The molecule has 0 spiro atoms. The van der Waals surface area contributed by atoms with Gasteiger partial charge in [-0.15, -0.1) is 0 Å². The second-order valence-electron chi connectivity index (χ2n) is 10.00. The first kappa shape index (κ1) is 27.2. The van der Waals surface area contributed by atoms with Crippen LogP contribution in [0, 0.1) is 6.92 Å². The Labute approximate surface area is 225 Å². The summed E-state index contributed by atoms with van der Waals surface area (Å²) in [6.45, 7) is 1.85. The van der Waals surface area contributed by atoms with Crippen LogP contribution in [0.3, 0.4) is 0 Å². The van der Waals surface area contributed by atoms with Gasteiger partial charge in [-0.2, -0.15) is 8.42 Å². The number of rotatable bonds is 6. The quantitative estimate of drug-likeness (QED) is 0.407. The minimum absolute atomic E-state index is 0.0146. The average Bonchev–Trinajstić information content (AvgIpc) is 3.38. The average molecular weight is 567 g/mol. The number of ether oxygens (including phenoxy) is 6. The van der Waals surface area contributed by atoms with Crippen molar-refractivity contribution in [1.82, 2.24) is 0 Å². The minimum atomic E-state index is -4.28. The SMILES string of the molecule is Cc1ccc(S(=O)(=O)O[C@H]2C(O)[C@H](O[C@@H]3O[C@H]4COC(c5ccccc5)O[C@H]4C(O)C3O)C3CO[C@@H]2O3)cc1. The van der Waals surface area contributed by atoms with Gasteiger partial charge in [0.15, 0.2) is 25.0 Å². The van der Waals surface area contributed by atoms with Crippen LogP contribution in [0.15, 0.2) is 59.5 Å². The Morgan fingerprint density at radius 1 is 0.795 bits per heavy atom. The molecule has 4 aliphatic rings. The Balaban J connectivity index is 1.15. The first-order valence-electron chi connectivity index (χ1n) is 12.7. The van der Waals surface area contributed by atoms with Crippen LogP contribution < -0.4 is 0 Å². The molecule has 3 N–H and O–H groups in total. The Morgan fingerprint density at radius 2 is 1.51 bits per heavy atom. The van der Waals surface area contributed by atoms with Gasteiger partial charge in [-0.3, -0.25) is 4.18 Å². The van der Waals surface area contributed by atoms with Gasteiger partial charge >= 0.3 is 0 Å². The van der Waals surface area contributed by atoms with Gasteiger partial charge in [-0.1, -0.05) is 48.0 Å². The molecule has 11 atom stereocenters. The molecule has 0 aliphatic carbocycles. The summed E-state index contributed by atoms with van der Waals surface area (Å²) in [5.74, 6) is 0. The molecule has 0 aromatic heterocycles. The maximum Gasteiger partial charge on any atom is 0.297 e. The van der Waals surface area contributed by atoms with E-state index in [0.29, 0.717) is 0 Å². The van der Waals surface area contributed by atoms with Gasteiger partial charge in [0.1, 0.15) is 42.7 Å². The van der Waals surface area contributed by atoms with E-state index in [2.05, 4.69) is 0 Å². The van der Waals surface area contributed by atoms with E-state index in [1.165, 1.54) is 12.1 Å². The van der Waals surface area contributed by atoms with Crippen molar-refractivity contribution in [1.29, 1.82) is 0 Å². The molecule has 4 aliphatic heterocycles. The maximum absolute atomic E-state index is 12.9. The summed E-state index contributed by atoms with van der Waals surface area (Å²) in [6.07, 6.45) is -12.9. The fourth-order valence-electron chi connectivity index (χ4n) is 5.15. The number of hydrogen-bond acceptors (Lipinski definition) is 12. The van der Waals surface area contributed by atoms with Crippen molar-refractivity contribution < 1.29 is 56.3 Å². The summed E-state index contributed by atoms with van der Waals surface area (Å²) in [4.78, 5) is -0.0933. The smallest absolute Gasteiger partial charge is 0.297 e. The molecule has 2 aromatic rings. The first-order chi connectivity index (χ1) is 18.7. The van der Waals surface area contributed by atoms with Crippen LogP contribution in [0.4, 0.5) is 0 Å². The van der Waals surface area contributed by atoms with Crippen molar-refractivity contribution in [3.05, 3.63) is 65.7 Å². The van der Waals surface area contributed by atoms with Crippen LogP contribution in [-0.2, 0) is 42.7 Å². The molecule has 0 radical (unpaired) electrons. The molecule has 0 saturated carbocycles. The predicted octanol–water partition coefficient (Wildman–Crippen LogP) is 0.131. The van der Waals surface area contributed by atoms with E-state index >= 15 is 0 Å². The van der Waals surface area contributed by atoms with Crippen LogP contribution in [0.5, 0.6) is 0 Å². The second kappa shape index (κ2) is 10.8. The molecule has 4 saturated heterocycles. The van der Waals surface area contributed by atoms with Crippen molar-refractivity contribution in [3.8, 4) is 0 Å². The Hall–Kier alpha value is -2.01. The number of fused-ring (bicyclic) bond motifs is 3. The number of aryl methyl sites for hydroxylation is 1. The highest BCUT2D eigenvalue weighted by atomic mass is 32.2. The van der Waals surface area contributed by atoms with E-state index in [1.807, 2.05) is 37.3 Å². The maximum atomic E-state index is 12.9. The summed E-state index contributed by atoms with van der Waals surface area (Å²) >= 11 is 0. The first-order valence-corrected chi connectivity index (χ1v) is 14.1. The van der Waals surface area contributed by atoms with Crippen molar-refractivity contribution in [2.45, 2.75) is 79.5 Å². The summed E-state index contributed by atoms with van der Waals surface area (Å²) < 4.78 is 65.9. The fourth-order valence-corrected chi connectivity index (χ4v) is 6.23. The van der Waals surface area contributed by atoms with Gasteiger partial charge in [0, 0.05) is 5.56 Å². The Bertz CT molecular complexity index is 1240. The monoisotopic (exact) mass is 566 g/mol. The molecule has 39 heavy (non-hydrogen) atoms. The minimum Gasteiger partial charge on any atom is -0.387 e. The molecule has 4 heterocycles. The summed E-state index contributed by atoms with van der Waals surface area (Å²) in [5, 5.41) is 32.8. The van der Waals surface area contributed by atoms with Gasteiger partial charge in [0.25, 0.3) is 10.1 Å². The molecular weight excluding hydrogens is 536 g/mol. The molecule has 13 heteroatoms. The zero-order chi connectivity index (χ0) is 27.3. The molecule has 2 aromatic carbocycles.